The first-order valence-electron chi connectivity index (χ1n) is 7.10. The Hall–Kier alpha value is -0.890. The Balaban J connectivity index is 1.51. The van der Waals surface area contributed by atoms with Crippen LogP contribution in [0.1, 0.15) is 49.4 Å². The van der Waals surface area contributed by atoms with Crippen LogP contribution in [0.4, 0.5) is 0 Å². The van der Waals surface area contributed by atoms with E-state index in [1.807, 2.05) is 6.20 Å². The van der Waals surface area contributed by atoms with E-state index in [1.54, 1.807) is 0 Å². The monoisotopic (exact) mass is 228 g/mol. The normalized spacial score (nSPS) is 38.6. The number of fused-ring (bicyclic) bond motifs is 3. The summed E-state index contributed by atoms with van der Waals surface area (Å²) in [5, 5.41) is 3.90. The van der Waals surface area contributed by atoms with Crippen LogP contribution in [-0.4, -0.2) is 11.0 Å². The van der Waals surface area contributed by atoms with Gasteiger partial charge in [0, 0.05) is 12.2 Å². The fourth-order valence-electron chi connectivity index (χ4n) is 4.28. The zero-order valence-corrected chi connectivity index (χ0v) is 10.2. The van der Waals surface area contributed by atoms with Gasteiger partial charge >= 0.3 is 0 Å². The number of rotatable bonds is 2. The smallest absolute Gasteiger partial charge is 0.0605 e. The minimum absolute atomic E-state index is 0.538. The molecule has 1 heterocycles. The Bertz CT molecular complexity index is 429. The van der Waals surface area contributed by atoms with Gasteiger partial charge in [-0.05, 0) is 55.6 Å². The number of nitrogens with one attached hydrogen (secondary N) is 1. The Morgan fingerprint density at radius 3 is 3.00 bits per heavy atom. The molecule has 0 radical (unpaired) electrons. The lowest BCUT2D eigenvalue weighted by Crippen LogP contribution is -2.36. The molecule has 2 fully saturated rings. The van der Waals surface area contributed by atoms with E-state index in [4.69, 9.17) is 0 Å². The molecule has 1 N–H and O–H groups in total. The van der Waals surface area contributed by atoms with Gasteiger partial charge in [0.25, 0.3) is 0 Å². The Kier molecular flexibility index (Phi) is 2.26. The van der Waals surface area contributed by atoms with Crippen molar-refractivity contribution in [3.8, 4) is 0 Å². The molecule has 2 bridgehead atoms. The summed E-state index contributed by atoms with van der Waals surface area (Å²) in [4.78, 5) is 4.58. The van der Waals surface area contributed by atoms with Crippen molar-refractivity contribution >= 4 is 0 Å². The summed E-state index contributed by atoms with van der Waals surface area (Å²) in [5.74, 6) is 2.00. The summed E-state index contributed by atoms with van der Waals surface area (Å²) in [5.41, 5.74) is 2.79. The number of hydrogen-bond acceptors (Lipinski definition) is 2. The lowest BCUT2D eigenvalue weighted by molar-refractivity contribution is 0.316. The Labute approximate surface area is 103 Å². The summed E-state index contributed by atoms with van der Waals surface area (Å²) >= 11 is 0. The molecule has 1 aromatic heterocycles. The number of aryl methyl sites for hydroxylation is 1. The molecular weight excluding hydrogens is 208 g/mol. The molecule has 0 saturated heterocycles. The fourth-order valence-corrected chi connectivity index (χ4v) is 4.28. The van der Waals surface area contributed by atoms with Gasteiger partial charge in [0.2, 0.25) is 0 Å². The minimum atomic E-state index is 0.538. The van der Waals surface area contributed by atoms with Crippen LogP contribution >= 0.6 is 0 Å². The summed E-state index contributed by atoms with van der Waals surface area (Å²) in [6.07, 6.45) is 10.3. The molecule has 2 nitrogen and oxygen atoms in total. The molecule has 0 aliphatic heterocycles. The molecule has 4 atom stereocenters. The van der Waals surface area contributed by atoms with Crippen molar-refractivity contribution in [3.05, 3.63) is 29.6 Å². The molecule has 0 spiro atoms. The highest BCUT2D eigenvalue weighted by Crippen LogP contribution is 2.45. The first-order chi connectivity index (χ1) is 8.40. The number of pyridine rings is 1. The highest BCUT2D eigenvalue weighted by Gasteiger charge is 2.40. The van der Waals surface area contributed by atoms with Gasteiger partial charge in [0.1, 0.15) is 0 Å². The molecule has 3 aliphatic carbocycles. The number of nitrogens with zero attached hydrogens (tertiary/aromatic N) is 1. The van der Waals surface area contributed by atoms with Crippen molar-refractivity contribution in [1.82, 2.24) is 10.3 Å². The minimum Gasteiger partial charge on any atom is -0.306 e. The molecule has 3 aliphatic rings. The van der Waals surface area contributed by atoms with Crippen molar-refractivity contribution in [2.75, 3.05) is 0 Å². The molecule has 0 amide bonds. The topological polar surface area (TPSA) is 24.9 Å². The molecule has 2 heteroatoms. The maximum Gasteiger partial charge on any atom is 0.0605 e. The van der Waals surface area contributed by atoms with Crippen LogP contribution < -0.4 is 5.32 Å². The Morgan fingerprint density at radius 1 is 1.18 bits per heavy atom. The first-order valence-corrected chi connectivity index (χ1v) is 7.10. The molecular formula is C15H20N2. The predicted molar refractivity (Wildman–Crippen MR) is 67.7 cm³/mol. The van der Waals surface area contributed by atoms with Crippen molar-refractivity contribution in [2.24, 2.45) is 11.8 Å². The van der Waals surface area contributed by atoms with Gasteiger partial charge in [-0.3, -0.25) is 4.98 Å². The van der Waals surface area contributed by atoms with Gasteiger partial charge < -0.3 is 5.32 Å². The summed E-state index contributed by atoms with van der Waals surface area (Å²) in [6, 6.07) is 5.63. The molecule has 4 rings (SSSR count). The van der Waals surface area contributed by atoms with E-state index < -0.39 is 0 Å². The predicted octanol–water partition coefficient (Wildman–Crippen LogP) is 2.85. The van der Waals surface area contributed by atoms with Crippen molar-refractivity contribution in [1.29, 1.82) is 0 Å². The lowest BCUT2D eigenvalue weighted by atomic mass is 9.94. The second kappa shape index (κ2) is 3.81. The molecule has 1 aromatic rings. The standard InChI is InChI=1S/C15H20N2/c1-2-11-5-6-13(15(11)16-7-1)17-14-9-10-3-4-12(14)8-10/h1-2,7,10,12-14,17H,3-6,8-9H2. The zero-order valence-electron chi connectivity index (χ0n) is 10.2. The van der Waals surface area contributed by atoms with Crippen molar-refractivity contribution in [2.45, 2.75) is 50.6 Å². The first kappa shape index (κ1) is 10.1. The van der Waals surface area contributed by atoms with Crippen LogP contribution in [0.5, 0.6) is 0 Å². The van der Waals surface area contributed by atoms with E-state index in [-0.39, 0.29) is 0 Å². The second-order valence-corrected chi connectivity index (χ2v) is 6.09. The van der Waals surface area contributed by atoms with Crippen LogP contribution in [0.3, 0.4) is 0 Å². The molecule has 2 saturated carbocycles. The van der Waals surface area contributed by atoms with E-state index in [0.29, 0.717) is 6.04 Å². The quantitative estimate of drug-likeness (QED) is 0.842. The van der Waals surface area contributed by atoms with Gasteiger partial charge in [0.05, 0.1) is 11.7 Å². The third-order valence-electron chi connectivity index (χ3n) is 5.11. The zero-order chi connectivity index (χ0) is 11.2. The van der Waals surface area contributed by atoms with Crippen LogP contribution in [0.25, 0.3) is 0 Å². The Morgan fingerprint density at radius 2 is 2.18 bits per heavy atom. The molecule has 90 valence electrons. The van der Waals surface area contributed by atoms with Crippen LogP contribution in [-0.2, 0) is 6.42 Å². The van der Waals surface area contributed by atoms with E-state index in [0.717, 1.165) is 17.9 Å². The lowest BCUT2D eigenvalue weighted by Gasteiger charge is -2.26. The number of aromatic nitrogens is 1. The van der Waals surface area contributed by atoms with Crippen molar-refractivity contribution in [3.63, 3.8) is 0 Å². The van der Waals surface area contributed by atoms with Gasteiger partial charge in [0.15, 0.2) is 0 Å². The second-order valence-electron chi connectivity index (χ2n) is 6.09. The average Bonchev–Trinajstić information content (AvgIpc) is 3.05. The van der Waals surface area contributed by atoms with Gasteiger partial charge in [-0.25, -0.2) is 0 Å². The highest BCUT2D eigenvalue weighted by atomic mass is 15.0. The van der Waals surface area contributed by atoms with Crippen LogP contribution in [0, 0.1) is 11.8 Å². The third-order valence-corrected chi connectivity index (χ3v) is 5.11. The van der Waals surface area contributed by atoms with Crippen molar-refractivity contribution < 1.29 is 0 Å². The van der Waals surface area contributed by atoms with Gasteiger partial charge in [-0.1, -0.05) is 12.5 Å². The fraction of sp³-hybridized carbons (Fsp3) is 0.667. The molecule has 17 heavy (non-hydrogen) atoms. The van der Waals surface area contributed by atoms with Crippen LogP contribution in [0.2, 0.25) is 0 Å². The van der Waals surface area contributed by atoms with E-state index in [1.165, 1.54) is 49.8 Å². The summed E-state index contributed by atoms with van der Waals surface area (Å²) in [7, 11) is 0. The van der Waals surface area contributed by atoms with E-state index in [9.17, 15) is 0 Å². The maximum atomic E-state index is 4.58. The molecule has 0 aromatic carbocycles. The van der Waals surface area contributed by atoms with E-state index >= 15 is 0 Å². The van der Waals surface area contributed by atoms with Gasteiger partial charge in [-0.15, -0.1) is 0 Å². The van der Waals surface area contributed by atoms with E-state index in [2.05, 4.69) is 22.4 Å². The highest BCUT2D eigenvalue weighted by molar-refractivity contribution is 5.28. The third kappa shape index (κ3) is 1.61. The summed E-state index contributed by atoms with van der Waals surface area (Å²) < 4.78 is 0. The maximum absolute atomic E-state index is 4.58. The largest absolute Gasteiger partial charge is 0.306 e. The summed E-state index contributed by atoms with van der Waals surface area (Å²) in [6.45, 7) is 0. The average molecular weight is 228 g/mol. The SMILES string of the molecule is c1cnc2c(c1)CCC2NC1CC2CCC1C2. The number of hydrogen-bond donors (Lipinski definition) is 1. The van der Waals surface area contributed by atoms with Crippen LogP contribution in [0.15, 0.2) is 18.3 Å². The van der Waals surface area contributed by atoms with Gasteiger partial charge in [-0.2, -0.15) is 0 Å². The molecule has 4 unspecified atom stereocenters.